The fourth-order valence-corrected chi connectivity index (χ4v) is 3.24. The number of nitrogens with zero attached hydrogens (tertiary/aromatic N) is 2. The molecule has 0 saturated carbocycles. The van der Waals surface area contributed by atoms with E-state index in [0.717, 1.165) is 10.5 Å². The summed E-state index contributed by atoms with van der Waals surface area (Å²) in [6.45, 7) is -0.356. The number of aliphatic carboxylic acids is 1. The van der Waals surface area contributed by atoms with Gasteiger partial charge in [-0.05, 0) is 23.3 Å². The van der Waals surface area contributed by atoms with Crippen molar-refractivity contribution in [3.8, 4) is 5.75 Å². The monoisotopic (exact) mass is 498 g/mol. The molecule has 3 N–H and O–H groups in total. The van der Waals surface area contributed by atoms with Crippen molar-refractivity contribution in [2.45, 2.75) is 25.1 Å². The van der Waals surface area contributed by atoms with Crippen LogP contribution in [0.25, 0.3) is 0 Å². The van der Waals surface area contributed by atoms with Gasteiger partial charge in [0.25, 0.3) is 0 Å². The first kappa shape index (κ1) is 26.0. The molecule has 1 aliphatic heterocycles. The fourth-order valence-electron chi connectivity index (χ4n) is 3.24. The Kier molecular flexibility index (Phi) is 8.44. The van der Waals surface area contributed by atoms with Crippen molar-refractivity contribution in [2.75, 3.05) is 20.6 Å². The average molecular weight is 498 g/mol. The number of benzene rings is 2. The van der Waals surface area contributed by atoms with Crippen LogP contribution in [0.2, 0.25) is 0 Å². The first-order chi connectivity index (χ1) is 17.1. The third kappa shape index (κ3) is 6.95. The summed E-state index contributed by atoms with van der Waals surface area (Å²) in [5.74, 6) is -1.76. The molecule has 1 fully saturated rings. The van der Waals surface area contributed by atoms with E-state index >= 15 is 0 Å². The van der Waals surface area contributed by atoms with Crippen LogP contribution in [0.15, 0.2) is 54.6 Å². The molecule has 3 rings (SSSR count). The molecule has 0 radical (unpaired) electrons. The predicted molar refractivity (Wildman–Crippen MR) is 125 cm³/mol. The molecule has 1 saturated heterocycles. The van der Waals surface area contributed by atoms with Gasteiger partial charge in [0.1, 0.15) is 24.4 Å². The lowest BCUT2D eigenvalue weighted by atomic mass is 10.1. The van der Waals surface area contributed by atoms with Crippen molar-refractivity contribution in [1.29, 1.82) is 0 Å². The molecular formula is C24H26N4O8. The Balaban J connectivity index is 1.54. The van der Waals surface area contributed by atoms with Crippen LogP contribution in [0.4, 0.5) is 14.4 Å². The molecule has 0 aromatic heterocycles. The van der Waals surface area contributed by atoms with Crippen molar-refractivity contribution >= 4 is 30.1 Å². The second-order valence-electron chi connectivity index (χ2n) is 8.16. The van der Waals surface area contributed by atoms with Crippen LogP contribution in [-0.4, -0.2) is 77.7 Å². The molecule has 0 aliphatic carbocycles. The van der Waals surface area contributed by atoms with E-state index in [1.807, 2.05) is 6.07 Å². The number of ether oxygens (including phenoxy) is 2. The molecule has 0 bridgehead atoms. The van der Waals surface area contributed by atoms with Gasteiger partial charge in [-0.25, -0.2) is 24.1 Å². The van der Waals surface area contributed by atoms with Crippen molar-refractivity contribution in [2.24, 2.45) is 0 Å². The quantitative estimate of drug-likeness (QED) is 0.496. The van der Waals surface area contributed by atoms with Gasteiger partial charge in [-0.1, -0.05) is 42.5 Å². The van der Waals surface area contributed by atoms with Gasteiger partial charge in [-0.3, -0.25) is 4.79 Å². The van der Waals surface area contributed by atoms with Crippen molar-refractivity contribution in [3.63, 3.8) is 0 Å². The van der Waals surface area contributed by atoms with Gasteiger partial charge < -0.3 is 30.1 Å². The van der Waals surface area contributed by atoms with Gasteiger partial charge in [-0.15, -0.1) is 0 Å². The van der Waals surface area contributed by atoms with E-state index in [-0.39, 0.29) is 25.3 Å². The number of imide groups is 1. The molecule has 1 aliphatic rings. The summed E-state index contributed by atoms with van der Waals surface area (Å²) in [6.07, 6.45) is -1.54. The van der Waals surface area contributed by atoms with E-state index in [9.17, 15) is 29.1 Å². The molecule has 12 nitrogen and oxygen atoms in total. The highest BCUT2D eigenvalue weighted by Gasteiger charge is 2.39. The number of amides is 5. The molecular weight excluding hydrogens is 472 g/mol. The highest BCUT2D eigenvalue weighted by molar-refractivity contribution is 5.98. The molecule has 2 aromatic rings. The molecule has 2 atom stereocenters. The summed E-state index contributed by atoms with van der Waals surface area (Å²) in [5.41, 5.74) is 1.29. The van der Waals surface area contributed by atoms with E-state index in [0.29, 0.717) is 5.56 Å². The maximum Gasteiger partial charge on any atom is 0.418 e. The van der Waals surface area contributed by atoms with Gasteiger partial charge in [0.2, 0.25) is 5.91 Å². The highest BCUT2D eigenvalue weighted by Crippen LogP contribution is 2.15. The number of carbonyl (C=O) groups excluding carboxylic acids is 4. The standard InChI is InChI=1S/C24H26N4O8/c1-27(2)23(33)36-17-10-8-15(9-11-17)12-18(21(30)31)25-20(29)19-13-28(22(32)26-19)24(34)35-14-16-6-4-3-5-7-16/h3-11,18-19H,12-14H2,1-2H3,(H,25,29)(H,26,32)(H,30,31)/t18-,19?/m0/s1. The van der Waals surface area contributed by atoms with E-state index < -0.39 is 42.2 Å². The number of hydrogen-bond donors (Lipinski definition) is 3. The molecule has 190 valence electrons. The van der Waals surface area contributed by atoms with Crippen LogP contribution in [0, 0.1) is 0 Å². The minimum absolute atomic E-state index is 0.0471. The van der Waals surface area contributed by atoms with Crippen LogP contribution in [-0.2, 0) is 27.4 Å². The van der Waals surface area contributed by atoms with Gasteiger partial charge in [-0.2, -0.15) is 0 Å². The molecule has 0 spiro atoms. The van der Waals surface area contributed by atoms with Crippen LogP contribution >= 0.6 is 0 Å². The Bertz CT molecular complexity index is 1120. The smallest absolute Gasteiger partial charge is 0.418 e. The summed E-state index contributed by atoms with van der Waals surface area (Å²) < 4.78 is 10.2. The van der Waals surface area contributed by atoms with E-state index in [4.69, 9.17) is 9.47 Å². The second kappa shape index (κ2) is 11.7. The van der Waals surface area contributed by atoms with Crippen molar-refractivity contribution in [1.82, 2.24) is 20.4 Å². The number of urea groups is 1. The largest absolute Gasteiger partial charge is 0.480 e. The minimum atomic E-state index is -1.30. The molecule has 12 heteroatoms. The SMILES string of the molecule is CN(C)C(=O)Oc1ccc(C[C@H](NC(=O)C2CN(C(=O)OCc3ccccc3)C(=O)N2)C(=O)O)cc1. The zero-order valence-corrected chi connectivity index (χ0v) is 19.7. The number of carbonyl (C=O) groups is 5. The molecule has 36 heavy (non-hydrogen) atoms. The van der Waals surface area contributed by atoms with Crippen molar-refractivity contribution < 1.29 is 38.6 Å². The normalized spacial score (nSPS) is 15.4. The number of rotatable bonds is 8. The van der Waals surface area contributed by atoms with Crippen LogP contribution in [0.3, 0.4) is 0 Å². The maximum atomic E-state index is 12.7. The van der Waals surface area contributed by atoms with Crippen LogP contribution in [0.1, 0.15) is 11.1 Å². The summed E-state index contributed by atoms with van der Waals surface area (Å²) in [4.78, 5) is 62.5. The number of carboxylic acid groups (broad SMARTS) is 1. The zero-order chi connectivity index (χ0) is 26.2. The van der Waals surface area contributed by atoms with E-state index in [1.165, 1.54) is 31.1 Å². The third-order valence-electron chi connectivity index (χ3n) is 5.20. The maximum absolute atomic E-state index is 12.7. The molecule has 2 aromatic carbocycles. The molecule has 1 unspecified atom stereocenters. The average Bonchev–Trinajstić information content (AvgIpc) is 3.25. The van der Waals surface area contributed by atoms with Gasteiger partial charge in [0, 0.05) is 20.5 Å². The van der Waals surface area contributed by atoms with Gasteiger partial charge >= 0.3 is 24.2 Å². The summed E-state index contributed by atoms with van der Waals surface area (Å²) in [5, 5.41) is 14.3. The first-order valence-corrected chi connectivity index (χ1v) is 10.9. The van der Waals surface area contributed by atoms with E-state index in [2.05, 4.69) is 10.6 Å². The Hall–Kier alpha value is -4.61. The van der Waals surface area contributed by atoms with Crippen LogP contribution in [0.5, 0.6) is 5.75 Å². The number of hydrogen-bond acceptors (Lipinski definition) is 7. The van der Waals surface area contributed by atoms with Crippen LogP contribution < -0.4 is 15.4 Å². The Morgan fingerprint density at radius 3 is 2.36 bits per heavy atom. The highest BCUT2D eigenvalue weighted by atomic mass is 16.6. The topological polar surface area (TPSA) is 155 Å². The minimum Gasteiger partial charge on any atom is -0.480 e. The zero-order valence-electron chi connectivity index (χ0n) is 19.7. The number of carboxylic acids is 1. The molecule has 1 heterocycles. The Morgan fingerprint density at radius 2 is 1.75 bits per heavy atom. The third-order valence-corrected chi connectivity index (χ3v) is 5.20. The Labute approximate surface area is 206 Å². The lowest BCUT2D eigenvalue weighted by Crippen LogP contribution is -2.50. The Morgan fingerprint density at radius 1 is 1.08 bits per heavy atom. The lowest BCUT2D eigenvalue weighted by Gasteiger charge is -2.18. The van der Waals surface area contributed by atoms with Gasteiger partial charge in [0.15, 0.2) is 0 Å². The molecule has 5 amide bonds. The van der Waals surface area contributed by atoms with Crippen molar-refractivity contribution in [3.05, 3.63) is 65.7 Å². The number of nitrogens with one attached hydrogen (secondary N) is 2. The fraction of sp³-hybridized carbons (Fsp3) is 0.292. The summed E-state index contributed by atoms with van der Waals surface area (Å²) in [6, 6.07) is 11.8. The van der Waals surface area contributed by atoms with E-state index in [1.54, 1.807) is 36.4 Å². The summed E-state index contributed by atoms with van der Waals surface area (Å²) in [7, 11) is 3.08. The predicted octanol–water partition coefficient (Wildman–Crippen LogP) is 1.59. The first-order valence-electron chi connectivity index (χ1n) is 10.9. The lowest BCUT2D eigenvalue weighted by molar-refractivity contribution is -0.142. The van der Waals surface area contributed by atoms with Gasteiger partial charge in [0.05, 0.1) is 6.54 Å². The summed E-state index contributed by atoms with van der Waals surface area (Å²) >= 11 is 0. The second-order valence-corrected chi connectivity index (χ2v) is 8.16.